The van der Waals surface area contributed by atoms with Gasteiger partial charge in [-0.1, -0.05) is 26.0 Å². The van der Waals surface area contributed by atoms with Crippen LogP contribution in [0.3, 0.4) is 0 Å². The van der Waals surface area contributed by atoms with Crippen molar-refractivity contribution in [2.24, 2.45) is 5.41 Å². The highest BCUT2D eigenvalue weighted by molar-refractivity contribution is 5.76. The molecular weight excluding hydrogens is 323 g/mol. The highest BCUT2D eigenvalue weighted by Gasteiger charge is 2.30. The average Bonchev–Trinajstić information content (AvgIpc) is 2.41. The summed E-state index contributed by atoms with van der Waals surface area (Å²) in [6.07, 6.45) is -3.90. The van der Waals surface area contributed by atoms with Crippen molar-refractivity contribution >= 4 is 5.91 Å². The molecule has 7 heteroatoms. The molecule has 0 fully saturated rings. The molecule has 1 aromatic carbocycles. The van der Waals surface area contributed by atoms with E-state index in [1.54, 1.807) is 6.92 Å². The Bertz CT molecular complexity index is 525. The van der Waals surface area contributed by atoms with E-state index in [0.717, 1.165) is 5.56 Å². The number of aliphatic hydroxyl groups excluding tert-OH is 1. The SMILES string of the molecule is C[C@@H](O)CC(C)(C)CNC(=O)CCc1ccc(OC(F)(F)F)cc1. The van der Waals surface area contributed by atoms with E-state index < -0.39 is 12.5 Å². The first kappa shape index (κ1) is 20.3. The molecule has 24 heavy (non-hydrogen) atoms. The average molecular weight is 347 g/mol. The molecule has 0 spiro atoms. The van der Waals surface area contributed by atoms with Crippen LogP contribution in [-0.4, -0.2) is 30.0 Å². The van der Waals surface area contributed by atoms with Crippen molar-refractivity contribution in [2.45, 2.75) is 52.5 Å². The van der Waals surface area contributed by atoms with Crippen LogP contribution in [0, 0.1) is 5.41 Å². The van der Waals surface area contributed by atoms with Crippen LogP contribution in [0.25, 0.3) is 0 Å². The van der Waals surface area contributed by atoms with Crippen LogP contribution in [0.5, 0.6) is 5.75 Å². The van der Waals surface area contributed by atoms with Crippen LogP contribution in [0.2, 0.25) is 0 Å². The summed E-state index contributed by atoms with van der Waals surface area (Å²) in [6, 6.07) is 5.47. The Kier molecular flexibility index (Phi) is 7.08. The molecule has 0 saturated heterocycles. The molecule has 0 aliphatic carbocycles. The molecule has 1 amide bonds. The Morgan fingerprint density at radius 1 is 1.25 bits per heavy atom. The maximum absolute atomic E-state index is 12.1. The fourth-order valence-corrected chi connectivity index (χ4v) is 2.41. The molecule has 1 aromatic rings. The monoisotopic (exact) mass is 347 g/mol. The maximum atomic E-state index is 12.1. The van der Waals surface area contributed by atoms with E-state index in [1.807, 2.05) is 13.8 Å². The summed E-state index contributed by atoms with van der Waals surface area (Å²) < 4.78 is 40.0. The van der Waals surface area contributed by atoms with Crippen molar-refractivity contribution in [1.29, 1.82) is 0 Å². The van der Waals surface area contributed by atoms with Gasteiger partial charge in [0.15, 0.2) is 0 Å². The van der Waals surface area contributed by atoms with Gasteiger partial charge >= 0.3 is 6.36 Å². The molecule has 2 N–H and O–H groups in total. The maximum Gasteiger partial charge on any atom is 0.573 e. The number of hydrogen-bond acceptors (Lipinski definition) is 3. The molecule has 4 nitrogen and oxygen atoms in total. The fourth-order valence-electron chi connectivity index (χ4n) is 2.41. The van der Waals surface area contributed by atoms with Gasteiger partial charge in [-0.25, -0.2) is 0 Å². The van der Waals surface area contributed by atoms with Crippen LogP contribution >= 0.6 is 0 Å². The van der Waals surface area contributed by atoms with Crippen LogP contribution in [-0.2, 0) is 11.2 Å². The van der Waals surface area contributed by atoms with Crippen molar-refractivity contribution < 1.29 is 27.8 Å². The Balaban J connectivity index is 2.39. The fraction of sp³-hybridized carbons (Fsp3) is 0.588. The number of ether oxygens (including phenoxy) is 1. The summed E-state index contributed by atoms with van der Waals surface area (Å²) in [4.78, 5) is 11.9. The lowest BCUT2D eigenvalue weighted by Gasteiger charge is -2.26. The van der Waals surface area contributed by atoms with E-state index in [2.05, 4.69) is 10.1 Å². The van der Waals surface area contributed by atoms with E-state index >= 15 is 0 Å². The van der Waals surface area contributed by atoms with Crippen LogP contribution in [0.4, 0.5) is 13.2 Å². The largest absolute Gasteiger partial charge is 0.573 e. The number of aryl methyl sites for hydroxylation is 1. The summed E-state index contributed by atoms with van der Waals surface area (Å²) in [7, 11) is 0. The summed E-state index contributed by atoms with van der Waals surface area (Å²) in [5.74, 6) is -0.417. The van der Waals surface area contributed by atoms with Gasteiger partial charge in [-0.05, 0) is 42.9 Å². The second-order valence-corrected chi connectivity index (χ2v) is 6.69. The van der Waals surface area contributed by atoms with Gasteiger partial charge in [0.1, 0.15) is 5.75 Å². The Labute approximate surface area is 140 Å². The number of nitrogens with one attached hydrogen (secondary N) is 1. The number of rotatable bonds is 8. The first-order valence-corrected chi connectivity index (χ1v) is 7.76. The van der Waals surface area contributed by atoms with E-state index in [-0.39, 0.29) is 23.5 Å². The number of halogens is 3. The van der Waals surface area contributed by atoms with Crippen LogP contribution in [0.1, 0.15) is 39.2 Å². The summed E-state index contributed by atoms with van der Waals surface area (Å²) in [5, 5.41) is 12.2. The molecule has 0 radical (unpaired) electrons. The second-order valence-electron chi connectivity index (χ2n) is 6.69. The van der Waals surface area contributed by atoms with Gasteiger partial charge in [-0.2, -0.15) is 0 Å². The zero-order chi connectivity index (χ0) is 18.4. The van der Waals surface area contributed by atoms with Gasteiger partial charge in [0.2, 0.25) is 5.91 Å². The van der Waals surface area contributed by atoms with Crippen molar-refractivity contribution in [3.8, 4) is 5.75 Å². The van der Waals surface area contributed by atoms with Crippen LogP contribution in [0.15, 0.2) is 24.3 Å². The van der Waals surface area contributed by atoms with Crippen molar-refractivity contribution in [3.05, 3.63) is 29.8 Å². The standard InChI is InChI=1S/C17H24F3NO3/c1-12(22)10-16(2,3)11-21-15(23)9-6-13-4-7-14(8-5-13)24-17(18,19)20/h4-5,7-8,12,22H,6,9-11H2,1-3H3,(H,21,23)/t12-/m1/s1. The first-order chi connectivity index (χ1) is 11.0. The van der Waals surface area contributed by atoms with Crippen molar-refractivity contribution in [3.63, 3.8) is 0 Å². The molecular formula is C17H24F3NO3. The molecule has 0 aliphatic heterocycles. The quantitative estimate of drug-likeness (QED) is 0.757. The third-order valence-electron chi connectivity index (χ3n) is 3.41. The Morgan fingerprint density at radius 2 is 1.83 bits per heavy atom. The number of aliphatic hydroxyl groups is 1. The zero-order valence-corrected chi connectivity index (χ0v) is 14.1. The first-order valence-electron chi connectivity index (χ1n) is 7.76. The van der Waals surface area contributed by atoms with Gasteiger partial charge < -0.3 is 15.2 Å². The van der Waals surface area contributed by atoms with Gasteiger partial charge in [0, 0.05) is 13.0 Å². The lowest BCUT2D eigenvalue weighted by atomic mass is 9.87. The van der Waals surface area contributed by atoms with Crippen LogP contribution < -0.4 is 10.1 Å². The number of alkyl halides is 3. The third-order valence-corrected chi connectivity index (χ3v) is 3.41. The molecule has 0 bridgehead atoms. The Hall–Kier alpha value is -1.76. The van der Waals surface area contributed by atoms with Gasteiger partial charge in [-0.3, -0.25) is 4.79 Å². The minimum Gasteiger partial charge on any atom is -0.406 e. The molecule has 136 valence electrons. The minimum atomic E-state index is -4.71. The number of carbonyl (C=O) groups is 1. The van der Waals surface area contributed by atoms with Gasteiger partial charge in [-0.15, -0.1) is 13.2 Å². The van der Waals surface area contributed by atoms with E-state index in [4.69, 9.17) is 0 Å². The second kappa shape index (κ2) is 8.37. The number of hydrogen-bond donors (Lipinski definition) is 2. The minimum absolute atomic E-state index is 0.135. The Morgan fingerprint density at radius 3 is 2.33 bits per heavy atom. The van der Waals surface area contributed by atoms with Crippen molar-refractivity contribution in [2.75, 3.05) is 6.54 Å². The lowest BCUT2D eigenvalue weighted by molar-refractivity contribution is -0.274. The molecule has 0 aliphatic rings. The summed E-state index contributed by atoms with van der Waals surface area (Å²) >= 11 is 0. The molecule has 0 heterocycles. The van der Waals surface area contributed by atoms with E-state index in [0.29, 0.717) is 19.4 Å². The number of carbonyl (C=O) groups excluding carboxylic acids is 1. The van der Waals surface area contributed by atoms with Gasteiger partial charge in [0.25, 0.3) is 0 Å². The lowest BCUT2D eigenvalue weighted by Crippen LogP contribution is -2.35. The van der Waals surface area contributed by atoms with E-state index in [1.165, 1.54) is 24.3 Å². The molecule has 0 aromatic heterocycles. The molecule has 1 rings (SSSR count). The topological polar surface area (TPSA) is 58.6 Å². The normalized spacial score (nSPS) is 13.5. The van der Waals surface area contributed by atoms with E-state index in [9.17, 15) is 23.1 Å². The predicted octanol–water partition coefficient (Wildman–Crippen LogP) is 3.43. The third kappa shape index (κ3) is 8.76. The smallest absolute Gasteiger partial charge is 0.406 e. The zero-order valence-electron chi connectivity index (χ0n) is 14.1. The summed E-state index contributed by atoms with van der Waals surface area (Å²) in [6.45, 7) is 6.07. The van der Waals surface area contributed by atoms with Gasteiger partial charge in [0.05, 0.1) is 6.10 Å². The van der Waals surface area contributed by atoms with Crippen molar-refractivity contribution in [1.82, 2.24) is 5.32 Å². The highest BCUT2D eigenvalue weighted by atomic mass is 19.4. The number of amides is 1. The summed E-state index contributed by atoms with van der Waals surface area (Å²) in [5.41, 5.74) is 0.545. The molecule has 0 saturated carbocycles. The molecule has 0 unspecified atom stereocenters. The molecule has 1 atom stereocenters. The number of benzene rings is 1. The highest BCUT2D eigenvalue weighted by Crippen LogP contribution is 2.23. The predicted molar refractivity (Wildman–Crippen MR) is 84.5 cm³/mol.